The van der Waals surface area contributed by atoms with Gasteiger partial charge in [-0.25, -0.2) is 4.98 Å². The Morgan fingerprint density at radius 3 is 2.09 bits per heavy atom. The Balaban J connectivity index is 1.47. The van der Waals surface area contributed by atoms with Crippen LogP contribution in [0.3, 0.4) is 0 Å². The van der Waals surface area contributed by atoms with Gasteiger partial charge in [0.2, 0.25) is 11.8 Å². The molecule has 1 aromatic heterocycles. The highest BCUT2D eigenvalue weighted by Gasteiger charge is 2.30. The molecule has 1 aliphatic heterocycles. The van der Waals surface area contributed by atoms with Crippen molar-refractivity contribution in [1.29, 1.82) is 0 Å². The van der Waals surface area contributed by atoms with Crippen molar-refractivity contribution in [2.45, 2.75) is 26.7 Å². The number of carbonyl (C=O) groups is 3. The van der Waals surface area contributed by atoms with E-state index in [2.05, 4.69) is 29.6 Å². The lowest BCUT2D eigenvalue weighted by Crippen LogP contribution is -2.28. The lowest BCUT2D eigenvalue weighted by molar-refractivity contribution is -0.121. The second-order valence-corrected chi connectivity index (χ2v) is 9.56. The van der Waals surface area contributed by atoms with Crippen LogP contribution in [0.1, 0.15) is 34.3 Å². The van der Waals surface area contributed by atoms with Gasteiger partial charge in [-0.3, -0.25) is 24.6 Å². The summed E-state index contributed by atoms with van der Waals surface area (Å²) >= 11 is 1.41. The number of aromatic nitrogens is 1. The number of hydrogen-bond acceptors (Lipinski definition) is 5. The Hall–Kier alpha value is -4.10. The lowest BCUT2D eigenvalue weighted by Gasteiger charge is -2.14. The molecule has 0 unspecified atom stereocenters. The van der Waals surface area contributed by atoms with Crippen LogP contribution in [-0.2, 0) is 9.59 Å². The summed E-state index contributed by atoms with van der Waals surface area (Å²) in [6.07, 6.45) is 0.385. The third-order valence-electron chi connectivity index (χ3n) is 5.90. The van der Waals surface area contributed by atoms with Crippen LogP contribution in [-0.4, -0.2) is 22.7 Å². The molecule has 1 aliphatic rings. The van der Waals surface area contributed by atoms with E-state index in [0.717, 1.165) is 32.2 Å². The van der Waals surface area contributed by atoms with Gasteiger partial charge >= 0.3 is 0 Å². The average Bonchev–Trinajstić information content (AvgIpc) is 3.42. The molecule has 0 bridgehead atoms. The summed E-state index contributed by atoms with van der Waals surface area (Å²) in [5.74, 6) is -0.860. The number of imide groups is 1. The molecule has 1 saturated heterocycles. The molecule has 7 heteroatoms. The molecule has 0 atom stereocenters. The number of thiazole rings is 1. The molecular weight excluding hydrogens is 458 g/mol. The standard InChI is InChI=1S/C28H23N3O3S/c1-17-6-10-19(11-7-17)25-26(20-12-8-18(2)9-13-20)35-28(29-25)30-27(34)21-4-3-5-22(16-21)31-23(32)14-15-24(31)33/h3-13,16H,14-15H2,1-2H3,(H,29,30,34). The zero-order valence-corrected chi connectivity index (χ0v) is 20.2. The number of hydrogen-bond donors (Lipinski definition) is 1. The molecule has 1 fully saturated rings. The minimum absolute atomic E-state index is 0.192. The van der Waals surface area contributed by atoms with Gasteiger partial charge in [-0.15, -0.1) is 0 Å². The van der Waals surface area contributed by atoms with Crippen molar-refractivity contribution in [1.82, 2.24) is 4.98 Å². The van der Waals surface area contributed by atoms with Gasteiger partial charge in [-0.05, 0) is 37.6 Å². The molecule has 3 aromatic carbocycles. The maximum atomic E-state index is 13.1. The molecule has 5 rings (SSSR count). The Bertz CT molecular complexity index is 1360. The van der Waals surface area contributed by atoms with Crippen molar-refractivity contribution in [3.8, 4) is 21.7 Å². The Morgan fingerprint density at radius 2 is 1.46 bits per heavy atom. The Morgan fingerprint density at radius 1 is 0.857 bits per heavy atom. The van der Waals surface area contributed by atoms with Crippen LogP contribution in [0.5, 0.6) is 0 Å². The van der Waals surface area contributed by atoms with Gasteiger partial charge < -0.3 is 0 Å². The zero-order valence-electron chi connectivity index (χ0n) is 19.4. The first-order valence-electron chi connectivity index (χ1n) is 11.3. The predicted molar refractivity (Wildman–Crippen MR) is 139 cm³/mol. The largest absolute Gasteiger partial charge is 0.298 e. The number of carbonyl (C=O) groups excluding carboxylic acids is 3. The first-order chi connectivity index (χ1) is 16.9. The number of amides is 3. The minimum atomic E-state index is -0.356. The SMILES string of the molecule is Cc1ccc(-c2nc(NC(=O)c3cccc(N4C(=O)CCC4=O)c3)sc2-c2ccc(C)cc2)cc1. The van der Waals surface area contributed by atoms with E-state index in [1.54, 1.807) is 24.3 Å². The van der Waals surface area contributed by atoms with Gasteiger partial charge in [0.1, 0.15) is 0 Å². The Kier molecular flexibility index (Phi) is 6.01. The number of benzene rings is 3. The quantitative estimate of drug-likeness (QED) is 0.355. The summed E-state index contributed by atoms with van der Waals surface area (Å²) in [5, 5.41) is 3.37. The van der Waals surface area contributed by atoms with E-state index in [1.165, 1.54) is 16.9 Å². The Labute approximate surface area is 207 Å². The highest BCUT2D eigenvalue weighted by molar-refractivity contribution is 7.19. The van der Waals surface area contributed by atoms with Crippen LogP contribution in [0.15, 0.2) is 72.8 Å². The first kappa shape index (κ1) is 22.7. The normalized spacial score (nSPS) is 13.4. The summed E-state index contributed by atoms with van der Waals surface area (Å²) in [7, 11) is 0. The third kappa shape index (κ3) is 4.63. The van der Waals surface area contributed by atoms with E-state index >= 15 is 0 Å². The van der Waals surface area contributed by atoms with Crippen LogP contribution in [0.25, 0.3) is 21.7 Å². The van der Waals surface area contributed by atoms with E-state index in [9.17, 15) is 14.4 Å². The molecule has 174 valence electrons. The fourth-order valence-corrected chi connectivity index (χ4v) is 4.99. The average molecular weight is 482 g/mol. The minimum Gasteiger partial charge on any atom is -0.298 e. The molecule has 2 heterocycles. The summed E-state index contributed by atoms with van der Waals surface area (Å²) in [5.41, 5.74) is 5.87. The van der Waals surface area contributed by atoms with E-state index < -0.39 is 0 Å². The van der Waals surface area contributed by atoms with E-state index in [1.807, 2.05) is 38.1 Å². The molecule has 3 amide bonds. The molecule has 0 saturated carbocycles. The van der Waals surface area contributed by atoms with E-state index in [4.69, 9.17) is 4.98 Å². The van der Waals surface area contributed by atoms with Crippen molar-refractivity contribution in [2.75, 3.05) is 10.2 Å². The molecule has 1 N–H and O–H groups in total. The van der Waals surface area contributed by atoms with Gasteiger partial charge in [0.25, 0.3) is 5.91 Å². The summed E-state index contributed by atoms with van der Waals surface area (Å²) in [6.45, 7) is 4.08. The molecule has 0 radical (unpaired) electrons. The second-order valence-electron chi connectivity index (χ2n) is 8.56. The molecule has 0 aliphatic carbocycles. The van der Waals surface area contributed by atoms with Crippen LogP contribution in [0.2, 0.25) is 0 Å². The molecule has 6 nitrogen and oxygen atoms in total. The fraction of sp³-hybridized carbons (Fsp3) is 0.143. The topological polar surface area (TPSA) is 79.4 Å². The monoisotopic (exact) mass is 481 g/mol. The number of nitrogens with zero attached hydrogens (tertiary/aromatic N) is 2. The smallest absolute Gasteiger partial charge is 0.257 e. The molecular formula is C28H23N3O3S. The van der Waals surface area contributed by atoms with Crippen LogP contribution < -0.4 is 10.2 Å². The van der Waals surface area contributed by atoms with Crippen LogP contribution in [0, 0.1) is 13.8 Å². The maximum absolute atomic E-state index is 13.1. The van der Waals surface area contributed by atoms with Crippen LogP contribution in [0.4, 0.5) is 10.8 Å². The fourth-order valence-electron chi connectivity index (χ4n) is 4.00. The van der Waals surface area contributed by atoms with Gasteiger partial charge in [0, 0.05) is 24.0 Å². The number of anilines is 2. The molecule has 35 heavy (non-hydrogen) atoms. The van der Waals surface area contributed by atoms with Gasteiger partial charge in [0.05, 0.1) is 16.3 Å². The summed E-state index contributed by atoms with van der Waals surface area (Å²) in [4.78, 5) is 44.2. The van der Waals surface area contributed by atoms with Crippen molar-refractivity contribution in [3.63, 3.8) is 0 Å². The van der Waals surface area contributed by atoms with E-state index in [0.29, 0.717) is 16.4 Å². The first-order valence-corrected chi connectivity index (χ1v) is 12.1. The lowest BCUT2D eigenvalue weighted by atomic mass is 10.0. The highest BCUT2D eigenvalue weighted by Crippen LogP contribution is 2.39. The van der Waals surface area contributed by atoms with Crippen molar-refractivity contribution in [2.24, 2.45) is 0 Å². The van der Waals surface area contributed by atoms with Gasteiger partial charge in [-0.2, -0.15) is 0 Å². The van der Waals surface area contributed by atoms with Gasteiger partial charge in [-0.1, -0.05) is 77.1 Å². The highest BCUT2D eigenvalue weighted by atomic mass is 32.1. The number of aryl methyl sites for hydroxylation is 2. The summed E-state index contributed by atoms with van der Waals surface area (Å²) in [6, 6.07) is 22.9. The zero-order chi connectivity index (χ0) is 24.5. The van der Waals surface area contributed by atoms with Crippen molar-refractivity contribution >= 4 is 39.9 Å². The second kappa shape index (κ2) is 9.27. The van der Waals surface area contributed by atoms with Crippen molar-refractivity contribution < 1.29 is 14.4 Å². The van der Waals surface area contributed by atoms with E-state index in [-0.39, 0.29) is 30.6 Å². The van der Waals surface area contributed by atoms with Crippen molar-refractivity contribution in [3.05, 3.63) is 89.5 Å². The maximum Gasteiger partial charge on any atom is 0.257 e. The number of nitrogens with one attached hydrogen (secondary N) is 1. The molecule has 4 aromatic rings. The molecule has 0 spiro atoms. The van der Waals surface area contributed by atoms with Crippen LogP contribution >= 0.6 is 11.3 Å². The van der Waals surface area contributed by atoms with Gasteiger partial charge in [0.15, 0.2) is 5.13 Å². The summed E-state index contributed by atoms with van der Waals surface area (Å²) < 4.78 is 0. The predicted octanol–water partition coefficient (Wildman–Crippen LogP) is 6.00. The third-order valence-corrected chi connectivity index (χ3v) is 6.92. The number of rotatable bonds is 5.